The van der Waals surface area contributed by atoms with Gasteiger partial charge in [-0.3, -0.25) is 9.78 Å². The van der Waals surface area contributed by atoms with Gasteiger partial charge in [0.1, 0.15) is 0 Å². The molecule has 0 fully saturated rings. The van der Waals surface area contributed by atoms with Gasteiger partial charge in [0.2, 0.25) is 5.91 Å². The third-order valence-electron chi connectivity index (χ3n) is 3.90. The number of nitrogens with zero attached hydrogens (tertiary/aromatic N) is 1. The van der Waals surface area contributed by atoms with E-state index >= 15 is 0 Å². The predicted octanol–water partition coefficient (Wildman–Crippen LogP) is 3.07. The Morgan fingerprint density at radius 2 is 1.96 bits per heavy atom. The standard InChI is InChI=1S/C19H22N2O3/c1-3-15(16-7-5-4-6-8-16)10-18(22)21-12-14-9-17(13-20-11-14)19(23)24-2/h4-9,11,13,15H,3,10,12H2,1-2H3,(H,21,22). The van der Waals surface area contributed by atoms with Crippen LogP contribution in [0.2, 0.25) is 0 Å². The Bertz CT molecular complexity index is 686. The van der Waals surface area contributed by atoms with Crippen molar-refractivity contribution < 1.29 is 14.3 Å². The van der Waals surface area contributed by atoms with E-state index in [1.54, 1.807) is 12.3 Å². The van der Waals surface area contributed by atoms with E-state index in [0.717, 1.165) is 12.0 Å². The number of carbonyl (C=O) groups excluding carboxylic acids is 2. The molecule has 0 aliphatic carbocycles. The van der Waals surface area contributed by atoms with Crippen LogP contribution >= 0.6 is 0 Å². The Labute approximate surface area is 142 Å². The average Bonchev–Trinajstić information content (AvgIpc) is 2.64. The highest BCUT2D eigenvalue weighted by Crippen LogP contribution is 2.22. The lowest BCUT2D eigenvalue weighted by molar-refractivity contribution is -0.121. The van der Waals surface area contributed by atoms with Crippen LogP contribution in [-0.4, -0.2) is 24.0 Å². The highest BCUT2D eigenvalue weighted by Gasteiger charge is 2.14. The number of rotatable bonds is 7. The number of carbonyl (C=O) groups is 2. The van der Waals surface area contributed by atoms with Gasteiger partial charge in [0.25, 0.3) is 0 Å². The lowest BCUT2D eigenvalue weighted by atomic mass is 9.93. The van der Waals surface area contributed by atoms with E-state index in [0.29, 0.717) is 18.5 Å². The predicted molar refractivity (Wildman–Crippen MR) is 91.5 cm³/mol. The van der Waals surface area contributed by atoms with Crippen LogP contribution in [0, 0.1) is 0 Å². The summed E-state index contributed by atoms with van der Waals surface area (Å²) < 4.78 is 4.67. The molecule has 2 aromatic rings. The maximum Gasteiger partial charge on any atom is 0.339 e. The number of amides is 1. The van der Waals surface area contributed by atoms with E-state index in [9.17, 15) is 9.59 Å². The number of aromatic nitrogens is 1. The zero-order chi connectivity index (χ0) is 17.4. The van der Waals surface area contributed by atoms with Crippen molar-refractivity contribution >= 4 is 11.9 Å². The second-order valence-electron chi connectivity index (χ2n) is 5.57. The molecule has 1 N–H and O–H groups in total. The average molecular weight is 326 g/mol. The third-order valence-corrected chi connectivity index (χ3v) is 3.90. The molecular weight excluding hydrogens is 304 g/mol. The Balaban J connectivity index is 1.92. The Morgan fingerprint density at radius 3 is 2.62 bits per heavy atom. The van der Waals surface area contributed by atoms with Crippen LogP contribution in [0.3, 0.4) is 0 Å². The summed E-state index contributed by atoms with van der Waals surface area (Å²) in [5.41, 5.74) is 2.31. The fraction of sp³-hybridized carbons (Fsp3) is 0.316. The molecule has 0 aliphatic heterocycles. The van der Waals surface area contributed by atoms with E-state index in [1.807, 2.05) is 30.3 Å². The van der Waals surface area contributed by atoms with Gasteiger partial charge in [-0.25, -0.2) is 4.79 Å². The molecule has 0 spiro atoms. The maximum atomic E-state index is 12.2. The van der Waals surface area contributed by atoms with Crippen LogP contribution in [-0.2, 0) is 16.1 Å². The minimum absolute atomic E-state index is 0.0193. The van der Waals surface area contributed by atoms with Crippen molar-refractivity contribution in [3.05, 3.63) is 65.5 Å². The lowest BCUT2D eigenvalue weighted by Crippen LogP contribution is -2.24. The summed E-state index contributed by atoms with van der Waals surface area (Å²) in [6.45, 7) is 2.41. The minimum atomic E-state index is -0.439. The summed E-state index contributed by atoms with van der Waals surface area (Å²) in [6.07, 6.45) is 4.41. The normalized spacial score (nSPS) is 11.6. The summed E-state index contributed by atoms with van der Waals surface area (Å²) >= 11 is 0. The van der Waals surface area contributed by atoms with Gasteiger partial charge in [0.15, 0.2) is 0 Å². The fourth-order valence-electron chi connectivity index (χ4n) is 2.53. The van der Waals surface area contributed by atoms with Crippen LogP contribution < -0.4 is 5.32 Å². The Morgan fingerprint density at radius 1 is 1.21 bits per heavy atom. The molecule has 126 valence electrons. The molecule has 0 bridgehead atoms. The molecular formula is C19H22N2O3. The molecule has 0 saturated carbocycles. The van der Waals surface area contributed by atoms with Crippen molar-refractivity contribution in [1.82, 2.24) is 10.3 Å². The number of benzene rings is 1. The highest BCUT2D eigenvalue weighted by atomic mass is 16.5. The first-order valence-electron chi connectivity index (χ1n) is 7.98. The molecule has 0 radical (unpaired) electrons. The molecule has 1 unspecified atom stereocenters. The van der Waals surface area contributed by atoms with Crippen LogP contribution in [0.1, 0.15) is 47.2 Å². The smallest absolute Gasteiger partial charge is 0.339 e. The van der Waals surface area contributed by atoms with Gasteiger partial charge in [0, 0.05) is 25.4 Å². The van der Waals surface area contributed by atoms with Crippen molar-refractivity contribution in [2.24, 2.45) is 0 Å². The van der Waals surface area contributed by atoms with Gasteiger partial charge in [-0.2, -0.15) is 0 Å². The highest BCUT2D eigenvalue weighted by molar-refractivity contribution is 5.89. The van der Waals surface area contributed by atoms with Gasteiger partial charge in [0.05, 0.1) is 12.7 Å². The quantitative estimate of drug-likeness (QED) is 0.794. The second-order valence-corrected chi connectivity index (χ2v) is 5.57. The maximum absolute atomic E-state index is 12.2. The molecule has 1 heterocycles. The number of esters is 1. The number of pyridine rings is 1. The van der Waals surface area contributed by atoms with Crippen molar-refractivity contribution in [1.29, 1.82) is 0 Å². The number of hydrogen-bond acceptors (Lipinski definition) is 4. The van der Waals surface area contributed by atoms with E-state index in [2.05, 4.69) is 22.0 Å². The van der Waals surface area contributed by atoms with Gasteiger partial charge in [-0.1, -0.05) is 37.3 Å². The molecule has 1 aromatic carbocycles. The van der Waals surface area contributed by atoms with E-state index in [-0.39, 0.29) is 11.8 Å². The van der Waals surface area contributed by atoms with Gasteiger partial charge in [-0.15, -0.1) is 0 Å². The van der Waals surface area contributed by atoms with Gasteiger partial charge in [-0.05, 0) is 29.5 Å². The van der Waals surface area contributed by atoms with Crippen molar-refractivity contribution in [3.8, 4) is 0 Å². The van der Waals surface area contributed by atoms with E-state index < -0.39 is 5.97 Å². The topological polar surface area (TPSA) is 68.3 Å². The first-order chi connectivity index (χ1) is 11.6. The molecule has 0 saturated heterocycles. The number of hydrogen-bond donors (Lipinski definition) is 1. The van der Waals surface area contributed by atoms with Crippen LogP contribution in [0.25, 0.3) is 0 Å². The van der Waals surface area contributed by atoms with Gasteiger partial charge >= 0.3 is 5.97 Å². The van der Waals surface area contributed by atoms with Crippen molar-refractivity contribution in [2.75, 3.05) is 7.11 Å². The van der Waals surface area contributed by atoms with Crippen LogP contribution in [0.5, 0.6) is 0 Å². The summed E-state index contributed by atoms with van der Waals surface area (Å²) in [4.78, 5) is 27.7. The van der Waals surface area contributed by atoms with E-state index in [1.165, 1.54) is 18.9 Å². The molecule has 24 heavy (non-hydrogen) atoms. The third kappa shape index (κ3) is 4.91. The molecule has 0 aliphatic rings. The first-order valence-corrected chi connectivity index (χ1v) is 7.98. The monoisotopic (exact) mass is 326 g/mol. The Kier molecular flexibility index (Phi) is 6.49. The summed E-state index contributed by atoms with van der Waals surface area (Å²) in [6, 6.07) is 11.7. The van der Waals surface area contributed by atoms with Crippen LogP contribution in [0.15, 0.2) is 48.8 Å². The molecule has 1 atom stereocenters. The zero-order valence-electron chi connectivity index (χ0n) is 14.0. The first kappa shape index (κ1) is 17.7. The lowest BCUT2D eigenvalue weighted by Gasteiger charge is -2.15. The largest absolute Gasteiger partial charge is 0.465 e. The zero-order valence-corrected chi connectivity index (χ0v) is 14.0. The molecule has 5 nitrogen and oxygen atoms in total. The number of ether oxygens (including phenoxy) is 1. The van der Waals surface area contributed by atoms with Gasteiger partial charge < -0.3 is 10.1 Å². The molecule has 5 heteroatoms. The second kappa shape index (κ2) is 8.82. The van der Waals surface area contributed by atoms with Crippen molar-refractivity contribution in [2.45, 2.75) is 32.2 Å². The minimum Gasteiger partial charge on any atom is -0.465 e. The SMILES string of the molecule is CCC(CC(=O)NCc1cncc(C(=O)OC)c1)c1ccccc1. The number of methoxy groups -OCH3 is 1. The van der Waals surface area contributed by atoms with Crippen molar-refractivity contribution in [3.63, 3.8) is 0 Å². The Hall–Kier alpha value is -2.69. The molecule has 1 amide bonds. The fourth-order valence-corrected chi connectivity index (χ4v) is 2.53. The summed E-state index contributed by atoms with van der Waals surface area (Å²) in [7, 11) is 1.32. The number of nitrogens with one attached hydrogen (secondary N) is 1. The summed E-state index contributed by atoms with van der Waals surface area (Å²) in [5, 5.41) is 2.89. The van der Waals surface area contributed by atoms with E-state index in [4.69, 9.17) is 0 Å². The molecule has 2 rings (SSSR count). The molecule has 1 aromatic heterocycles. The van der Waals surface area contributed by atoms with Crippen LogP contribution in [0.4, 0.5) is 0 Å². The summed E-state index contributed by atoms with van der Waals surface area (Å²) in [5.74, 6) is -0.259.